The van der Waals surface area contributed by atoms with Gasteiger partial charge in [0.15, 0.2) is 11.5 Å². The van der Waals surface area contributed by atoms with E-state index in [0.29, 0.717) is 25.1 Å². The zero-order valence-electron chi connectivity index (χ0n) is 12.6. The van der Waals surface area contributed by atoms with Crippen LogP contribution in [0.4, 0.5) is 13.2 Å². The molecule has 1 aromatic carbocycles. The Bertz CT molecular complexity index is 491. The van der Waals surface area contributed by atoms with Gasteiger partial charge >= 0.3 is 6.18 Å². The Morgan fingerprint density at radius 1 is 1.32 bits per heavy atom. The minimum atomic E-state index is -4.08. The highest BCUT2D eigenvalue weighted by molar-refractivity contribution is 5.41. The van der Waals surface area contributed by atoms with Gasteiger partial charge in [-0.05, 0) is 49.9 Å². The normalized spacial score (nSPS) is 22.5. The van der Waals surface area contributed by atoms with Gasteiger partial charge in [-0.2, -0.15) is 13.2 Å². The Hall–Kier alpha value is -1.43. The Morgan fingerprint density at radius 2 is 2.09 bits per heavy atom. The van der Waals surface area contributed by atoms with Gasteiger partial charge in [-0.15, -0.1) is 0 Å². The summed E-state index contributed by atoms with van der Waals surface area (Å²) in [6.45, 7) is 0.614. The van der Waals surface area contributed by atoms with Crippen molar-refractivity contribution < 1.29 is 23.0 Å². The van der Waals surface area contributed by atoms with Crippen molar-refractivity contribution in [2.45, 2.75) is 44.3 Å². The Morgan fingerprint density at radius 3 is 2.77 bits per heavy atom. The molecule has 2 atom stereocenters. The zero-order chi connectivity index (χ0) is 16.2. The van der Waals surface area contributed by atoms with Crippen LogP contribution in [0.2, 0.25) is 0 Å². The molecule has 0 saturated heterocycles. The van der Waals surface area contributed by atoms with Gasteiger partial charge < -0.3 is 15.2 Å². The summed E-state index contributed by atoms with van der Waals surface area (Å²) in [4.78, 5) is 0. The van der Waals surface area contributed by atoms with E-state index < -0.39 is 12.1 Å². The maximum absolute atomic E-state index is 12.8. The van der Waals surface area contributed by atoms with Gasteiger partial charge in [0.25, 0.3) is 0 Å². The molecule has 3 nitrogen and oxygen atoms in total. The third kappa shape index (κ3) is 4.53. The molecule has 124 valence electrons. The zero-order valence-corrected chi connectivity index (χ0v) is 12.6. The molecule has 0 radical (unpaired) electrons. The molecule has 0 bridgehead atoms. The highest BCUT2D eigenvalue weighted by Gasteiger charge is 2.41. The number of methoxy groups -OCH3 is 1. The molecule has 1 aliphatic rings. The van der Waals surface area contributed by atoms with Gasteiger partial charge in [0.1, 0.15) is 0 Å². The quantitative estimate of drug-likeness (QED) is 0.871. The molecule has 1 fully saturated rings. The molecule has 2 N–H and O–H groups in total. The number of rotatable bonds is 5. The van der Waals surface area contributed by atoms with Crippen molar-refractivity contribution in [3.8, 4) is 11.5 Å². The van der Waals surface area contributed by atoms with Crippen LogP contribution in [0.5, 0.6) is 11.5 Å². The first-order valence-corrected chi connectivity index (χ1v) is 7.56. The lowest BCUT2D eigenvalue weighted by Crippen LogP contribution is -2.39. The molecule has 0 aromatic heterocycles. The van der Waals surface area contributed by atoms with E-state index in [0.717, 1.165) is 12.0 Å². The molecule has 1 aliphatic carbocycles. The van der Waals surface area contributed by atoms with Gasteiger partial charge in [-0.3, -0.25) is 0 Å². The van der Waals surface area contributed by atoms with E-state index in [9.17, 15) is 18.3 Å². The third-order valence-electron chi connectivity index (χ3n) is 4.23. The summed E-state index contributed by atoms with van der Waals surface area (Å²) in [5.74, 6) is -0.681. The standard InChI is InChI=1S/C16H22F3NO2/c1-22-15-9-11(5-6-14(15)21)7-8-20-13-4-2-3-12(10-13)16(17,18)19/h5-6,9,12-13,20-21H,2-4,7-8,10H2,1H3. The van der Waals surface area contributed by atoms with Crippen molar-refractivity contribution >= 4 is 0 Å². The SMILES string of the molecule is COc1cc(CCNC2CCCC(C(F)(F)F)C2)ccc1O. The van der Waals surface area contributed by atoms with Crippen LogP contribution in [0.15, 0.2) is 18.2 Å². The summed E-state index contributed by atoms with van der Waals surface area (Å²) < 4.78 is 43.3. The minimum absolute atomic E-state index is 0.0700. The number of ether oxygens (including phenoxy) is 1. The van der Waals surface area contributed by atoms with Crippen molar-refractivity contribution in [3.05, 3.63) is 23.8 Å². The first-order valence-electron chi connectivity index (χ1n) is 7.56. The molecule has 2 rings (SSSR count). The number of phenols is 1. The summed E-state index contributed by atoms with van der Waals surface area (Å²) in [5, 5.41) is 12.7. The molecule has 0 aliphatic heterocycles. The predicted octanol–water partition coefficient (Wildman–Crippen LogP) is 3.65. The average Bonchev–Trinajstić information content (AvgIpc) is 2.48. The van der Waals surface area contributed by atoms with E-state index in [-0.39, 0.29) is 24.6 Å². The third-order valence-corrected chi connectivity index (χ3v) is 4.23. The molecular weight excluding hydrogens is 295 g/mol. The van der Waals surface area contributed by atoms with E-state index in [4.69, 9.17) is 4.74 Å². The Balaban J connectivity index is 1.81. The monoisotopic (exact) mass is 317 g/mol. The minimum Gasteiger partial charge on any atom is -0.504 e. The van der Waals surface area contributed by atoms with E-state index in [2.05, 4.69) is 5.32 Å². The topological polar surface area (TPSA) is 41.5 Å². The summed E-state index contributed by atoms with van der Waals surface area (Å²) in [7, 11) is 1.48. The van der Waals surface area contributed by atoms with Crippen LogP contribution in [0.1, 0.15) is 31.2 Å². The lowest BCUT2D eigenvalue weighted by atomic mass is 9.85. The Labute approximate surface area is 128 Å². The fraction of sp³-hybridized carbons (Fsp3) is 0.625. The van der Waals surface area contributed by atoms with E-state index >= 15 is 0 Å². The molecule has 6 heteroatoms. The van der Waals surface area contributed by atoms with Gasteiger partial charge in [0.05, 0.1) is 13.0 Å². The summed E-state index contributed by atoms with van der Waals surface area (Å²) >= 11 is 0. The number of benzene rings is 1. The van der Waals surface area contributed by atoms with Crippen LogP contribution in [0.3, 0.4) is 0 Å². The summed E-state index contributed by atoms with van der Waals surface area (Å²) in [6, 6.07) is 5.03. The molecule has 0 heterocycles. The number of halogens is 3. The number of alkyl halides is 3. The van der Waals surface area contributed by atoms with Crippen molar-refractivity contribution in [1.29, 1.82) is 0 Å². The van der Waals surface area contributed by atoms with Crippen LogP contribution < -0.4 is 10.1 Å². The number of nitrogens with one attached hydrogen (secondary N) is 1. The lowest BCUT2D eigenvalue weighted by molar-refractivity contribution is -0.183. The Kier molecular flexibility index (Phi) is 5.56. The second-order valence-electron chi connectivity index (χ2n) is 5.81. The van der Waals surface area contributed by atoms with Crippen molar-refractivity contribution in [1.82, 2.24) is 5.32 Å². The number of hydrogen-bond donors (Lipinski definition) is 2. The van der Waals surface area contributed by atoms with E-state index in [1.165, 1.54) is 7.11 Å². The van der Waals surface area contributed by atoms with E-state index in [1.807, 2.05) is 0 Å². The maximum atomic E-state index is 12.8. The van der Waals surface area contributed by atoms with Gasteiger partial charge in [0, 0.05) is 6.04 Å². The summed E-state index contributed by atoms with van der Waals surface area (Å²) in [6.07, 6.45) is -1.56. The first kappa shape index (κ1) is 16.9. The van der Waals surface area contributed by atoms with Crippen molar-refractivity contribution in [2.24, 2.45) is 5.92 Å². The highest BCUT2D eigenvalue weighted by atomic mass is 19.4. The first-order chi connectivity index (χ1) is 10.4. The van der Waals surface area contributed by atoms with Gasteiger partial charge in [0.2, 0.25) is 0 Å². The van der Waals surface area contributed by atoms with Crippen LogP contribution in [0, 0.1) is 5.92 Å². The average molecular weight is 317 g/mol. The maximum Gasteiger partial charge on any atom is 0.391 e. The lowest BCUT2D eigenvalue weighted by Gasteiger charge is -2.31. The van der Waals surface area contributed by atoms with E-state index in [1.54, 1.807) is 18.2 Å². The number of hydrogen-bond acceptors (Lipinski definition) is 3. The van der Waals surface area contributed by atoms with Crippen LogP contribution in [-0.2, 0) is 6.42 Å². The molecule has 22 heavy (non-hydrogen) atoms. The van der Waals surface area contributed by atoms with Crippen LogP contribution in [-0.4, -0.2) is 31.0 Å². The summed E-state index contributed by atoms with van der Waals surface area (Å²) in [5.41, 5.74) is 0.977. The van der Waals surface area contributed by atoms with Crippen molar-refractivity contribution in [2.75, 3.05) is 13.7 Å². The molecule has 0 spiro atoms. The molecular formula is C16H22F3NO2. The van der Waals surface area contributed by atoms with Gasteiger partial charge in [-0.25, -0.2) is 0 Å². The second-order valence-corrected chi connectivity index (χ2v) is 5.81. The fourth-order valence-electron chi connectivity index (χ4n) is 2.97. The van der Waals surface area contributed by atoms with Crippen LogP contribution in [0.25, 0.3) is 0 Å². The smallest absolute Gasteiger partial charge is 0.391 e. The molecule has 1 aromatic rings. The fourth-order valence-corrected chi connectivity index (χ4v) is 2.97. The molecule has 1 saturated carbocycles. The number of aromatic hydroxyl groups is 1. The van der Waals surface area contributed by atoms with Crippen LogP contribution >= 0.6 is 0 Å². The largest absolute Gasteiger partial charge is 0.504 e. The highest BCUT2D eigenvalue weighted by Crippen LogP contribution is 2.37. The second kappa shape index (κ2) is 7.22. The van der Waals surface area contributed by atoms with Crippen molar-refractivity contribution in [3.63, 3.8) is 0 Å². The molecule has 0 amide bonds. The predicted molar refractivity (Wildman–Crippen MR) is 78.2 cm³/mol. The molecule has 2 unspecified atom stereocenters. The number of phenolic OH excluding ortho intramolecular Hbond substituents is 1. The van der Waals surface area contributed by atoms with Gasteiger partial charge in [-0.1, -0.05) is 12.5 Å².